The van der Waals surface area contributed by atoms with Crippen LogP contribution in [0.15, 0.2) is 54.7 Å². The van der Waals surface area contributed by atoms with E-state index in [4.69, 9.17) is 11.6 Å². The summed E-state index contributed by atoms with van der Waals surface area (Å²) in [7, 11) is 0. The van der Waals surface area contributed by atoms with Gasteiger partial charge >= 0.3 is 0 Å². The van der Waals surface area contributed by atoms with Crippen LogP contribution in [0.1, 0.15) is 15.9 Å². The Morgan fingerprint density at radius 2 is 1.77 bits per heavy atom. The van der Waals surface area contributed by atoms with E-state index in [1.165, 1.54) is 12.1 Å². The van der Waals surface area contributed by atoms with Crippen LogP contribution in [0.3, 0.4) is 0 Å². The molecule has 0 aromatic heterocycles. The molecule has 0 bridgehead atoms. The fourth-order valence-corrected chi connectivity index (χ4v) is 3.12. The summed E-state index contributed by atoms with van der Waals surface area (Å²) < 4.78 is 26.3. The first-order valence-electron chi connectivity index (χ1n) is 8.40. The highest BCUT2D eigenvalue weighted by molar-refractivity contribution is 6.34. The van der Waals surface area contributed by atoms with Crippen LogP contribution in [0.4, 0.5) is 8.78 Å². The van der Waals surface area contributed by atoms with Crippen molar-refractivity contribution in [1.82, 2.24) is 9.80 Å². The second-order valence-corrected chi connectivity index (χ2v) is 6.63. The second-order valence-electron chi connectivity index (χ2n) is 6.22. The zero-order valence-corrected chi connectivity index (χ0v) is 14.9. The minimum atomic E-state index is -0.827. The van der Waals surface area contributed by atoms with Crippen molar-refractivity contribution < 1.29 is 13.6 Å². The van der Waals surface area contributed by atoms with E-state index in [2.05, 4.69) is 9.80 Å². The highest BCUT2D eigenvalue weighted by Gasteiger charge is 2.16. The van der Waals surface area contributed by atoms with E-state index < -0.39 is 11.6 Å². The van der Waals surface area contributed by atoms with E-state index in [-0.39, 0.29) is 5.78 Å². The summed E-state index contributed by atoms with van der Waals surface area (Å²) in [5, 5.41) is 0.443. The average molecular weight is 377 g/mol. The maximum Gasteiger partial charge on any atom is 0.188 e. The fourth-order valence-electron chi connectivity index (χ4n) is 2.89. The Labute approximate surface area is 156 Å². The lowest BCUT2D eigenvalue weighted by atomic mass is 10.1. The van der Waals surface area contributed by atoms with Crippen molar-refractivity contribution >= 4 is 17.4 Å². The third-order valence-electron chi connectivity index (χ3n) is 4.37. The van der Waals surface area contributed by atoms with Crippen LogP contribution >= 0.6 is 11.6 Å². The largest absolute Gasteiger partial charge is 0.375 e. The van der Waals surface area contributed by atoms with Crippen LogP contribution in [-0.2, 0) is 6.54 Å². The Morgan fingerprint density at radius 1 is 1.04 bits per heavy atom. The van der Waals surface area contributed by atoms with Crippen LogP contribution in [0, 0.1) is 11.6 Å². The maximum absolute atomic E-state index is 13.3. The summed E-state index contributed by atoms with van der Waals surface area (Å²) in [5.41, 5.74) is 1.24. The van der Waals surface area contributed by atoms with Gasteiger partial charge in [0.15, 0.2) is 17.4 Å². The van der Waals surface area contributed by atoms with E-state index in [1.54, 1.807) is 36.5 Å². The normalized spacial score (nSPS) is 15.6. The van der Waals surface area contributed by atoms with E-state index in [0.717, 1.165) is 37.8 Å². The molecule has 1 saturated heterocycles. The fraction of sp³-hybridized carbons (Fsp3) is 0.250. The number of nitrogens with zero attached hydrogens (tertiary/aromatic N) is 2. The number of hydrogen-bond acceptors (Lipinski definition) is 3. The molecule has 6 heteroatoms. The minimum Gasteiger partial charge on any atom is -0.375 e. The van der Waals surface area contributed by atoms with Crippen molar-refractivity contribution in [1.29, 1.82) is 0 Å². The summed E-state index contributed by atoms with van der Waals surface area (Å²) in [6, 6.07) is 11.0. The van der Waals surface area contributed by atoms with Crippen molar-refractivity contribution in [2.24, 2.45) is 0 Å². The van der Waals surface area contributed by atoms with Gasteiger partial charge in [0, 0.05) is 50.6 Å². The molecule has 2 aromatic rings. The number of hydrogen-bond donors (Lipinski definition) is 0. The third kappa shape index (κ3) is 4.68. The highest BCUT2D eigenvalue weighted by atomic mass is 35.5. The monoisotopic (exact) mass is 376 g/mol. The molecule has 3 nitrogen and oxygen atoms in total. The third-order valence-corrected chi connectivity index (χ3v) is 4.70. The standard InChI is InChI=1S/C20H19ClF2N2O/c21-17-4-2-1-3-16(17)20(26)7-8-24-9-11-25(12-10-24)14-15-5-6-18(22)19(23)13-15/h1-8,13H,9-12,14H2/b8-7+. The number of rotatable bonds is 5. The quantitative estimate of drug-likeness (QED) is 0.579. The molecule has 0 atom stereocenters. The van der Waals surface area contributed by atoms with Crippen LogP contribution < -0.4 is 0 Å². The van der Waals surface area contributed by atoms with Gasteiger partial charge in [-0.15, -0.1) is 0 Å². The number of halogens is 3. The van der Waals surface area contributed by atoms with Crippen molar-refractivity contribution in [3.05, 3.63) is 82.5 Å². The summed E-state index contributed by atoms with van der Waals surface area (Å²) in [5.74, 6) is -1.77. The predicted molar refractivity (Wildman–Crippen MR) is 98.1 cm³/mol. The van der Waals surface area contributed by atoms with Gasteiger partial charge in [0.2, 0.25) is 0 Å². The van der Waals surface area contributed by atoms with Gasteiger partial charge in [0.05, 0.1) is 5.02 Å². The lowest BCUT2D eigenvalue weighted by molar-refractivity contribution is 0.104. The predicted octanol–water partition coefficient (Wildman–Crippen LogP) is 4.13. The molecule has 0 unspecified atom stereocenters. The first kappa shape index (κ1) is 18.5. The van der Waals surface area contributed by atoms with Crippen LogP contribution in [-0.4, -0.2) is 41.8 Å². The SMILES string of the molecule is O=C(/C=C/N1CCN(Cc2ccc(F)c(F)c2)CC1)c1ccccc1Cl. The Bertz CT molecular complexity index is 817. The molecule has 1 fully saturated rings. The van der Waals surface area contributed by atoms with Gasteiger partial charge in [0.1, 0.15) is 0 Å². The number of allylic oxidation sites excluding steroid dienone is 1. The van der Waals surface area contributed by atoms with Crippen molar-refractivity contribution in [3.8, 4) is 0 Å². The summed E-state index contributed by atoms with van der Waals surface area (Å²) >= 11 is 6.03. The molecule has 0 spiro atoms. The maximum atomic E-state index is 13.3. The van der Waals surface area contributed by atoms with Crippen LogP contribution in [0.2, 0.25) is 5.02 Å². The van der Waals surface area contributed by atoms with Gasteiger partial charge in [0.25, 0.3) is 0 Å². The first-order chi connectivity index (χ1) is 12.5. The average Bonchev–Trinajstić information content (AvgIpc) is 2.64. The first-order valence-corrected chi connectivity index (χ1v) is 8.78. The van der Waals surface area contributed by atoms with Gasteiger partial charge in [-0.05, 0) is 29.8 Å². The molecule has 0 aliphatic carbocycles. The molecule has 136 valence electrons. The molecule has 0 N–H and O–H groups in total. The Kier molecular flexibility index (Phi) is 6.01. The molecule has 0 radical (unpaired) electrons. The molecule has 1 heterocycles. The highest BCUT2D eigenvalue weighted by Crippen LogP contribution is 2.16. The molecule has 0 saturated carbocycles. The topological polar surface area (TPSA) is 23.6 Å². The van der Waals surface area contributed by atoms with E-state index in [1.807, 2.05) is 0 Å². The number of piperazine rings is 1. The summed E-state index contributed by atoms with van der Waals surface area (Å²) in [4.78, 5) is 16.4. The summed E-state index contributed by atoms with van der Waals surface area (Å²) in [6.45, 7) is 3.66. The van der Waals surface area contributed by atoms with Gasteiger partial charge in [-0.2, -0.15) is 0 Å². The van der Waals surface area contributed by atoms with Gasteiger partial charge in [-0.3, -0.25) is 9.69 Å². The van der Waals surface area contributed by atoms with Crippen molar-refractivity contribution in [2.45, 2.75) is 6.54 Å². The number of carbonyl (C=O) groups excluding carboxylic acids is 1. The van der Waals surface area contributed by atoms with E-state index >= 15 is 0 Å². The smallest absolute Gasteiger partial charge is 0.188 e. The van der Waals surface area contributed by atoms with E-state index in [9.17, 15) is 13.6 Å². The van der Waals surface area contributed by atoms with Gasteiger partial charge in [-0.1, -0.05) is 29.8 Å². The molecule has 26 heavy (non-hydrogen) atoms. The zero-order chi connectivity index (χ0) is 18.5. The molecule has 3 rings (SSSR count). The minimum absolute atomic E-state index is 0.125. The lowest BCUT2D eigenvalue weighted by Crippen LogP contribution is -2.43. The van der Waals surface area contributed by atoms with Crippen molar-refractivity contribution in [2.75, 3.05) is 26.2 Å². The van der Waals surface area contributed by atoms with Crippen LogP contribution in [0.5, 0.6) is 0 Å². The number of benzene rings is 2. The molecule has 0 amide bonds. The molecular weight excluding hydrogens is 358 g/mol. The van der Waals surface area contributed by atoms with Crippen LogP contribution in [0.25, 0.3) is 0 Å². The number of ketones is 1. The van der Waals surface area contributed by atoms with E-state index in [0.29, 0.717) is 17.1 Å². The number of carbonyl (C=O) groups is 1. The summed E-state index contributed by atoms with van der Waals surface area (Å²) in [6.07, 6.45) is 3.33. The molecule has 2 aromatic carbocycles. The van der Waals surface area contributed by atoms with Gasteiger partial charge < -0.3 is 4.90 Å². The molecule has 1 aliphatic rings. The zero-order valence-electron chi connectivity index (χ0n) is 14.2. The Hall–Kier alpha value is -2.24. The lowest BCUT2D eigenvalue weighted by Gasteiger charge is -2.34. The Morgan fingerprint density at radius 3 is 2.46 bits per heavy atom. The molecular formula is C20H19ClF2N2O. The second kappa shape index (κ2) is 8.43. The molecule has 1 aliphatic heterocycles. The Balaban J connectivity index is 1.51. The van der Waals surface area contributed by atoms with Gasteiger partial charge in [-0.25, -0.2) is 8.78 Å². The van der Waals surface area contributed by atoms with Crippen molar-refractivity contribution in [3.63, 3.8) is 0 Å².